The third-order valence-electron chi connectivity index (χ3n) is 7.52. The molecular weight excluding hydrogens is 596 g/mol. The molecule has 0 heterocycles. The van der Waals surface area contributed by atoms with Crippen LogP contribution in [0.3, 0.4) is 0 Å². The normalized spacial score (nSPS) is 12.6. The van der Waals surface area contributed by atoms with Gasteiger partial charge >= 0.3 is 5.97 Å². The lowest BCUT2D eigenvalue weighted by Crippen LogP contribution is -2.54. The predicted octanol–water partition coefficient (Wildman–Crippen LogP) is 6.36. The number of hydrogen-bond acceptors (Lipinski definition) is 7. The fourth-order valence-electron chi connectivity index (χ4n) is 5.54. The maximum absolute atomic E-state index is 13.4. The fourth-order valence-corrected chi connectivity index (χ4v) is 5.54. The number of carbonyl (C=O) groups excluding carboxylic acids is 4. The smallest absolute Gasteiger partial charge is 0.302 e. The molecule has 0 aromatic heterocycles. The molecule has 0 aliphatic heterocycles. The second kappa shape index (κ2) is 21.1. The third-order valence-corrected chi connectivity index (χ3v) is 7.52. The van der Waals surface area contributed by atoms with E-state index in [0.717, 1.165) is 24.9 Å². The maximum Gasteiger partial charge on any atom is 0.302 e. The summed E-state index contributed by atoms with van der Waals surface area (Å²) >= 11 is 0. The third kappa shape index (κ3) is 20.1. The van der Waals surface area contributed by atoms with Crippen molar-refractivity contribution in [3.05, 3.63) is 29.8 Å². The number of benzene rings is 1. The molecule has 3 amide bonds. The maximum atomic E-state index is 13.4. The molecule has 1 atom stereocenters. The standard InChI is InChI=1S/C33H55N3O6.C4H11N/c1-22(2)16-17-42-33(10,11)21-31(6,7)20-32(8,9)30(40)36-28(23(3)4)29(39)34-18-27(38)35-26-14-12-25(13-15-26)19-41-24(5)37;1-2-3-4-5/h12-15,22-23,28H,16-21H2,1-11H3,(H,34,39)(H,35,38)(H,36,40);2-5H2,1H3. The van der Waals surface area contributed by atoms with E-state index in [-0.39, 0.29) is 42.0 Å². The number of unbranched alkanes of at least 4 members (excludes halogenated alkanes) is 1. The first kappa shape index (κ1) is 44.0. The quantitative estimate of drug-likeness (QED) is 0.126. The monoisotopic (exact) mass is 662 g/mol. The van der Waals surface area contributed by atoms with E-state index in [4.69, 9.17) is 15.2 Å². The summed E-state index contributed by atoms with van der Waals surface area (Å²) in [6.07, 6.45) is 4.78. The van der Waals surface area contributed by atoms with E-state index in [1.165, 1.54) is 19.8 Å². The molecule has 10 nitrogen and oxygen atoms in total. The summed E-state index contributed by atoms with van der Waals surface area (Å²) in [5, 5.41) is 8.32. The van der Waals surface area contributed by atoms with Crippen LogP contribution in [-0.2, 0) is 35.3 Å². The molecule has 0 bridgehead atoms. The average Bonchev–Trinajstić information content (AvgIpc) is 2.93. The van der Waals surface area contributed by atoms with Gasteiger partial charge in [0.15, 0.2) is 0 Å². The van der Waals surface area contributed by atoms with E-state index in [1.54, 1.807) is 24.3 Å². The summed E-state index contributed by atoms with van der Waals surface area (Å²) in [4.78, 5) is 49.9. The van der Waals surface area contributed by atoms with Crippen LogP contribution in [0.5, 0.6) is 0 Å². The second-order valence-electron chi connectivity index (χ2n) is 15.3. The van der Waals surface area contributed by atoms with Crippen molar-refractivity contribution in [3.63, 3.8) is 0 Å². The number of nitrogens with two attached hydrogens (primary N) is 1. The number of carbonyl (C=O) groups is 4. The van der Waals surface area contributed by atoms with Gasteiger partial charge in [0.05, 0.1) is 12.1 Å². The molecule has 0 aliphatic carbocycles. The van der Waals surface area contributed by atoms with Gasteiger partial charge in [-0.3, -0.25) is 19.2 Å². The molecule has 1 unspecified atom stereocenters. The first-order valence-corrected chi connectivity index (χ1v) is 17.1. The van der Waals surface area contributed by atoms with Crippen molar-refractivity contribution >= 4 is 29.4 Å². The number of rotatable bonds is 19. The van der Waals surface area contributed by atoms with Crippen LogP contribution in [0.4, 0.5) is 5.69 Å². The van der Waals surface area contributed by atoms with Crippen molar-refractivity contribution in [2.75, 3.05) is 25.0 Å². The fraction of sp³-hybridized carbons (Fsp3) is 0.730. The van der Waals surface area contributed by atoms with E-state index >= 15 is 0 Å². The molecule has 0 spiro atoms. The van der Waals surface area contributed by atoms with Gasteiger partial charge in [-0.25, -0.2) is 0 Å². The molecule has 47 heavy (non-hydrogen) atoms. The Morgan fingerprint density at radius 1 is 0.915 bits per heavy atom. The Morgan fingerprint density at radius 2 is 1.51 bits per heavy atom. The van der Waals surface area contributed by atoms with Crippen molar-refractivity contribution in [2.45, 2.75) is 133 Å². The minimum Gasteiger partial charge on any atom is -0.461 e. The zero-order valence-corrected chi connectivity index (χ0v) is 31.4. The Morgan fingerprint density at radius 3 is 1.98 bits per heavy atom. The van der Waals surface area contributed by atoms with Crippen LogP contribution < -0.4 is 21.7 Å². The number of hydrogen-bond donors (Lipinski definition) is 4. The van der Waals surface area contributed by atoms with Gasteiger partial charge in [-0.05, 0) is 81.0 Å². The molecule has 0 fully saturated rings. The minimum absolute atomic E-state index is 0.154. The van der Waals surface area contributed by atoms with E-state index in [1.807, 2.05) is 27.7 Å². The summed E-state index contributed by atoms with van der Waals surface area (Å²) in [7, 11) is 0. The van der Waals surface area contributed by atoms with Crippen LogP contribution in [0, 0.1) is 22.7 Å². The largest absolute Gasteiger partial charge is 0.461 e. The van der Waals surface area contributed by atoms with Gasteiger partial charge in [0.1, 0.15) is 12.6 Å². The Labute approximate surface area is 285 Å². The molecule has 1 aromatic rings. The molecule has 0 saturated carbocycles. The number of anilines is 1. The van der Waals surface area contributed by atoms with Gasteiger partial charge in [0.25, 0.3) is 0 Å². The lowest BCUT2D eigenvalue weighted by Gasteiger charge is -2.40. The van der Waals surface area contributed by atoms with Crippen LogP contribution in [0.2, 0.25) is 0 Å². The van der Waals surface area contributed by atoms with Crippen molar-refractivity contribution in [1.82, 2.24) is 10.6 Å². The summed E-state index contributed by atoms with van der Waals surface area (Å²) in [6, 6.07) is 6.08. The highest BCUT2D eigenvalue weighted by Gasteiger charge is 2.39. The van der Waals surface area contributed by atoms with Gasteiger partial charge in [-0.15, -0.1) is 0 Å². The van der Waals surface area contributed by atoms with Gasteiger partial charge in [-0.1, -0.05) is 80.9 Å². The predicted molar refractivity (Wildman–Crippen MR) is 191 cm³/mol. The average molecular weight is 663 g/mol. The number of ether oxygens (including phenoxy) is 2. The van der Waals surface area contributed by atoms with E-state index < -0.39 is 23.3 Å². The van der Waals surface area contributed by atoms with E-state index in [2.05, 4.69) is 64.4 Å². The lowest BCUT2D eigenvalue weighted by atomic mass is 9.70. The Balaban J connectivity index is 0.00000391. The number of esters is 1. The zero-order valence-electron chi connectivity index (χ0n) is 31.4. The van der Waals surface area contributed by atoms with Gasteiger partial charge in [-0.2, -0.15) is 0 Å². The lowest BCUT2D eigenvalue weighted by molar-refractivity contribution is -0.142. The van der Waals surface area contributed by atoms with Gasteiger partial charge in [0, 0.05) is 24.6 Å². The SMILES string of the molecule is CC(=O)OCc1ccc(NC(=O)CNC(=O)C(NC(=O)C(C)(C)CC(C)(C)CC(C)(C)OCCC(C)C)C(C)C)cc1.CCCCN. The molecular formula is C37H66N4O6. The van der Waals surface area contributed by atoms with Crippen molar-refractivity contribution in [3.8, 4) is 0 Å². The first-order chi connectivity index (χ1) is 21.6. The van der Waals surface area contributed by atoms with E-state index in [0.29, 0.717) is 24.6 Å². The summed E-state index contributed by atoms with van der Waals surface area (Å²) in [6.45, 7) is 25.3. The zero-order chi connectivity index (χ0) is 36.4. The first-order valence-electron chi connectivity index (χ1n) is 17.1. The number of amides is 3. The second-order valence-corrected chi connectivity index (χ2v) is 15.3. The Bertz CT molecular complexity index is 1090. The van der Waals surface area contributed by atoms with Crippen LogP contribution in [0.25, 0.3) is 0 Å². The van der Waals surface area contributed by atoms with Crippen LogP contribution in [-0.4, -0.2) is 55.0 Å². The molecule has 10 heteroatoms. The highest BCUT2D eigenvalue weighted by molar-refractivity contribution is 5.96. The van der Waals surface area contributed by atoms with E-state index in [9.17, 15) is 19.2 Å². The van der Waals surface area contributed by atoms with Crippen molar-refractivity contribution < 1.29 is 28.7 Å². The van der Waals surface area contributed by atoms with Crippen LogP contribution >= 0.6 is 0 Å². The molecule has 0 aliphatic rings. The molecule has 5 N–H and O–H groups in total. The Kier molecular flexibility index (Phi) is 19.7. The highest BCUT2D eigenvalue weighted by atomic mass is 16.5. The Hall–Kier alpha value is -2.98. The minimum atomic E-state index is -0.788. The molecule has 0 radical (unpaired) electrons. The molecule has 0 saturated heterocycles. The molecule has 270 valence electrons. The van der Waals surface area contributed by atoms with Crippen LogP contribution in [0.15, 0.2) is 24.3 Å². The summed E-state index contributed by atoms with van der Waals surface area (Å²) in [5.41, 5.74) is 5.24. The summed E-state index contributed by atoms with van der Waals surface area (Å²) in [5.74, 6) is -0.992. The van der Waals surface area contributed by atoms with Crippen molar-refractivity contribution in [2.24, 2.45) is 28.4 Å². The highest BCUT2D eigenvalue weighted by Crippen LogP contribution is 2.40. The molecule has 1 rings (SSSR count). The number of nitrogens with one attached hydrogen (secondary N) is 3. The molecule has 1 aromatic carbocycles. The summed E-state index contributed by atoms with van der Waals surface area (Å²) < 4.78 is 11.1. The van der Waals surface area contributed by atoms with Crippen LogP contribution in [0.1, 0.15) is 121 Å². The van der Waals surface area contributed by atoms with Gasteiger partial charge < -0.3 is 31.2 Å². The van der Waals surface area contributed by atoms with Gasteiger partial charge in [0.2, 0.25) is 17.7 Å². The topological polar surface area (TPSA) is 149 Å². The van der Waals surface area contributed by atoms with Crippen molar-refractivity contribution in [1.29, 1.82) is 0 Å².